The molecule has 5 atom stereocenters. The standard InChI is InChI=1S/C32H34O5/c1-33-29-20-27(28-18-11-19-34-28)30(35-21-24-12-5-2-6-13-24)32(37-23-26-16-9-4-10-17-26)31(29)36-22-25-14-7-3-8-15-25/h2-19,27,29-32H,20-23H2,1H3/t27-,29-,30+,31-,32-/m1/s1. The van der Waals surface area contributed by atoms with Gasteiger partial charge >= 0.3 is 0 Å². The zero-order chi connectivity index (χ0) is 25.3. The fourth-order valence-corrected chi connectivity index (χ4v) is 5.06. The predicted molar refractivity (Wildman–Crippen MR) is 142 cm³/mol. The molecular formula is C32H34O5. The molecule has 0 spiro atoms. The van der Waals surface area contributed by atoms with Crippen LogP contribution in [-0.2, 0) is 38.8 Å². The van der Waals surface area contributed by atoms with Crippen LogP contribution in [0.3, 0.4) is 0 Å². The molecule has 3 aromatic carbocycles. The number of benzene rings is 3. The summed E-state index contributed by atoms with van der Waals surface area (Å²) >= 11 is 0. The number of furan rings is 1. The van der Waals surface area contributed by atoms with Crippen LogP contribution in [0.4, 0.5) is 0 Å². The first-order chi connectivity index (χ1) is 18.3. The molecule has 5 heteroatoms. The first kappa shape index (κ1) is 25.4. The highest BCUT2D eigenvalue weighted by atomic mass is 16.6. The lowest BCUT2D eigenvalue weighted by Gasteiger charge is -2.45. The smallest absolute Gasteiger partial charge is 0.113 e. The molecule has 1 saturated carbocycles. The van der Waals surface area contributed by atoms with E-state index in [2.05, 4.69) is 36.4 Å². The third-order valence-corrected chi connectivity index (χ3v) is 6.96. The van der Waals surface area contributed by atoms with Crippen molar-refractivity contribution in [3.8, 4) is 0 Å². The Labute approximate surface area is 218 Å². The summed E-state index contributed by atoms with van der Waals surface area (Å²) in [6.07, 6.45) is 1.25. The van der Waals surface area contributed by atoms with Crippen molar-refractivity contribution in [2.45, 2.75) is 56.6 Å². The minimum absolute atomic E-state index is 0.0407. The van der Waals surface area contributed by atoms with Gasteiger partial charge in [0.2, 0.25) is 0 Å². The highest BCUT2D eigenvalue weighted by Gasteiger charge is 2.49. The average Bonchev–Trinajstić information content (AvgIpc) is 3.50. The van der Waals surface area contributed by atoms with E-state index in [4.69, 9.17) is 23.4 Å². The topological polar surface area (TPSA) is 50.1 Å². The maximum Gasteiger partial charge on any atom is 0.113 e. The Morgan fingerprint density at radius 3 is 1.54 bits per heavy atom. The number of ether oxygens (including phenoxy) is 4. The second-order valence-corrected chi connectivity index (χ2v) is 9.42. The molecule has 0 saturated heterocycles. The van der Waals surface area contributed by atoms with E-state index in [1.165, 1.54) is 0 Å². The Balaban J connectivity index is 1.44. The van der Waals surface area contributed by atoms with Crippen LogP contribution in [0.15, 0.2) is 114 Å². The van der Waals surface area contributed by atoms with E-state index in [9.17, 15) is 0 Å². The molecule has 0 aliphatic heterocycles. The maximum atomic E-state index is 6.66. The van der Waals surface area contributed by atoms with Crippen LogP contribution in [0.25, 0.3) is 0 Å². The van der Waals surface area contributed by atoms with E-state index in [-0.39, 0.29) is 30.3 Å². The van der Waals surface area contributed by atoms with Crippen LogP contribution in [0.2, 0.25) is 0 Å². The maximum absolute atomic E-state index is 6.66. The minimum Gasteiger partial charge on any atom is -0.469 e. The molecule has 5 rings (SSSR count). The molecule has 0 bridgehead atoms. The third-order valence-electron chi connectivity index (χ3n) is 6.96. The molecule has 37 heavy (non-hydrogen) atoms. The van der Waals surface area contributed by atoms with E-state index < -0.39 is 0 Å². The molecule has 1 fully saturated rings. The minimum atomic E-state index is -0.374. The second-order valence-electron chi connectivity index (χ2n) is 9.42. The number of hydrogen-bond acceptors (Lipinski definition) is 5. The molecule has 0 amide bonds. The van der Waals surface area contributed by atoms with Crippen molar-refractivity contribution >= 4 is 0 Å². The quantitative estimate of drug-likeness (QED) is 0.235. The molecule has 1 heterocycles. The lowest BCUT2D eigenvalue weighted by molar-refractivity contribution is -0.214. The highest BCUT2D eigenvalue weighted by Crippen LogP contribution is 2.40. The van der Waals surface area contributed by atoms with Crippen molar-refractivity contribution in [2.75, 3.05) is 7.11 Å². The van der Waals surface area contributed by atoms with Crippen molar-refractivity contribution in [1.82, 2.24) is 0 Å². The Bertz CT molecular complexity index is 1160. The summed E-state index contributed by atoms with van der Waals surface area (Å²) in [6.45, 7) is 1.38. The SMILES string of the molecule is CO[C@@H]1C[C@H](c2ccco2)[C@H](OCc2ccccc2)[C@@H](OCc2ccccc2)[C@@H]1OCc1ccccc1. The zero-order valence-corrected chi connectivity index (χ0v) is 21.1. The largest absolute Gasteiger partial charge is 0.469 e. The van der Waals surface area contributed by atoms with E-state index in [0.29, 0.717) is 26.2 Å². The first-order valence-electron chi connectivity index (χ1n) is 12.8. The van der Waals surface area contributed by atoms with Crippen LogP contribution in [-0.4, -0.2) is 31.5 Å². The number of methoxy groups -OCH3 is 1. The summed E-state index contributed by atoms with van der Waals surface area (Å²) < 4.78 is 31.8. The summed E-state index contributed by atoms with van der Waals surface area (Å²) in [6, 6.07) is 34.5. The van der Waals surface area contributed by atoms with Gasteiger partial charge in [-0.3, -0.25) is 0 Å². The Kier molecular flexibility index (Phi) is 8.82. The van der Waals surface area contributed by atoms with E-state index in [0.717, 1.165) is 22.5 Å². The molecule has 1 aliphatic carbocycles. The van der Waals surface area contributed by atoms with Gasteiger partial charge in [-0.15, -0.1) is 0 Å². The molecule has 192 valence electrons. The van der Waals surface area contributed by atoms with Gasteiger partial charge in [-0.25, -0.2) is 0 Å². The van der Waals surface area contributed by atoms with Crippen LogP contribution < -0.4 is 0 Å². The highest BCUT2D eigenvalue weighted by molar-refractivity contribution is 5.18. The van der Waals surface area contributed by atoms with Crippen LogP contribution in [0.5, 0.6) is 0 Å². The van der Waals surface area contributed by atoms with Gasteiger partial charge in [0.15, 0.2) is 0 Å². The van der Waals surface area contributed by atoms with Crippen molar-refractivity contribution in [3.05, 3.63) is 132 Å². The van der Waals surface area contributed by atoms with Gasteiger partial charge in [0.05, 0.1) is 38.3 Å². The van der Waals surface area contributed by atoms with E-state index in [1.54, 1.807) is 13.4 Å². The van der Waals surface area contributed by atoms with Gasteiger partial charge in [0.1, 0.15) is 18.0 Å². The fraction of sp³-hybridized carbons (Fsp3) is 0.312. The Morgan fingerprint density at radius 2 is 1.08 bits per heavy atom. The van der Waals surface area contributed by atoms with E-state index >= 15 is 0 Å². The summed E-state index contributed by atoms with van der Waals surface area (Å²) in [5.41, 5.74) is 3.31. The molecule has 0 radical (unpaired) electrons. The summed E-state index contributed by atoms with van der Waals surface area (Å²) in [4.78, 5) is 0. The van der Waals surface area contributed by atoms with Gasteiger partial charge in [0.25, 0.3) is 0 Å². The molecule has 5 nitrogen and oxygen atoms in total. The van der Waals surface area contributed by atoms with Gasteiger partial charge in [-0.05, 0) is 35.2 Å². The summed E-state index contributed by atoms with van der Waals surface area (Å²) in [5, 5.41) is 0. The van der Waals surface area contributed by atoms with Gasteiger partial charge in [-0.2, -0.15) is 0 Å². The van der Waals surface area contributed by atoms with Crippen molar-refractivity contribution in [3.63, 3.8) is 0 Å². The average molecular weight is 499 g/mol. The van der Waals surface area contributed by atoms with Crippen LogP contribution in [0.1, 0.15) is 34.8 Å². The van der Waals surface area contributed by atoms with Gasteiger partial charge in [0, 0.05) is 13.0 Å². The van der Waals surface area contributed by atoms with Crippen LogP contribution in [0, 0.1) is 0 Å². The lowest BCUT2D eigenvalue weighted by atomic mass is 9.78. The Hall–Kier alpha value is -3.22. The molecule has 1 aliphatic rings. The number of hydrogen-bond donors (Lipinski definition) is 0. The lowest BCUT2D eigenvalue weighted by Crippen LogP contribution is -2.56. The molecule has 0 unspecified atom stereocenters. The molecular weight excluding hydrogens is 464 g/mol. The molecule has 1 aromatic heterocycles. The van der Waals surface area contributed by atoms with Crippen LogP contribution >= 0.6 is 0 Å². The molecule has 4 aromatic rings. The second kappa shape index (κ2) is 12.8. The third kappa shape index (κ3) is 6.56. The first-order valence-corrected chi connectivity index (χ1v) is 12.8. The Morgan fingerprint density at radius 1 is 0.595 bits per heavy atom. The fourth-order valence-electron chi connectivity index (χ4n) is 5.06. The summed E-state index contributed by atoms with van der Waals surface area (Å²) in [7, 11) is 1.74. The predicted octanol–water partition coefficient (Wildman–Crippen LogP) is 6.54. The normalized spacial score (nSPS) is 23.6. The van der Waals surface area contributed by atoms with Crippen molar-refractivity contribution < 1.29 is 23.4 Å². The monoisotopic (exact) mass is 498 g/mol. The summed E-state index contributed by atoms with van der Waals surface area (Å²) in [5.74, 6) is 0.830. The van der Waals surface area contributed by atoms with E-state index in [1.807, 2.05) is 66.7 Å². The van der Waals surface area contributed by atoms with Gasteiger partial charge in [-0.1, -0.05) is 91.0 Å². The van der Waals surface area contributed by atoms with Crippen molar-refractivity contribution in [1.29, 1.82) is 0 Å². The van der Waals surface area contributed by atoms with Gasteiger partial charge < -0.3 is 23.4 Å². The van der Waals surface area contributed by atoms with Crippen molar-refractivity contribution in [2.24, 2.45) is 0 Å². The molecule has 0 N–H and O–H groups in total. The number of rotatable bonds is 11. The zero-order valence-electron chi connectivity index (χ0n) is 21.1.